The first-order valence-electron chi connectivity index (χ1n) is 5.64. The third-order valence-electron chi connectivity index (χ3n) is 2.83. The molecule has 19 heavy (non-hydrogen) atoms. The summed E-state index contributed by atoms with van der Waals surface area (Å²) in [6, 6.07) is 6.41. The fraction of sp³-hybridized carbons (Fsp3) is 0.231. The molecule has 0 amide bonds. The molecule has 0 spiro atoms. The Morgan fingerprint density at radius 3 is 2.74 bits per heavy atom. The second-order valence-electron chi connectivity index (χ2n) is 4.20. The predicted octanol–water partition coefficient (Wildman–Crippen LogP) is 3.89. The van der Waals surface area contributed by atoms with Gasteiger partial charge in [-0.25, -0.2) is 0 Å². The van der Waals surface area contributed by atoms with Gasteiger partial charge in [-0.2, -0.15) is 0 Å². The van der Waals surface area contributed by atoms with Crippen molar-refractivity contribution >= 4 is 28.6 Å². The van der Waals surface area contributed by atoms with Crippen molar-refractivity contribution in [2.24, 2.45) is 0 Å². The van der Waals surface area contributed by atoms with Crippen LogP contribution >= 0.6 is 22.9 Å². The van der Waals surface area contributed by atoms with E-state index in [1.54, 1.807) is 18.2 Å². The number of aliphatic hydroxyl groups excluding tert-OH is 1. The maximum absolute atomic E-state index is 10.9. The van der Waals surface area contributed by atoms with Gasteiger partial charge in [-0.3, -0.25) is 10.1 Å². The van der Waals surface area contributed by atoms with Gasteiger partial charge in [0.15, 0.2) is 0 Å². The molecule has 4 nitrogen and oxygen atoms in total. The van der Waals surface area contributed by atoms with E-state index in [0.29, 0.717) is 15.5 Å². The number of hydrogen-bond donors (Lipinski definition) is 1. The van der Waals surface area contributed by atoms with Crippen molar-refractivity contribution in [1.29, 1.82) is 0 Å². The topological polar surface area (TPSA) is 63.4 Å². The summed E-state index contributed by atoms with van der Waals surface area (Å²) < 4.78 is 0. The van der Waals surface area contributed by atoms with Gasteiger partial charge in [0.05, 0.1) is 20.9 Å². The summed E-state index contributed by atoms with van der Waals surface area (Å²) in [5, 5.41) is 23.5. The molecule has 0 aliphatic carbocycles. The highest BCUT2D eigenvalue weighted by atomic mass is 35.5. The van der Waals surface area contributed by atoms with Crippen LogP contribution in [0.5, 0.6) is 0 Å². The lowest BCUT2D eigenvalue weighted by molar-refractivity contribution is -0.385. The number of benzene rings is 1. The molecule has 0 fully saturated rings. The van der Waals surface area contributed by atoms with Gasteiger partial charge in [0.2, 0.25) is 0 Å². The fourth-order valence-electron chi connectivity index (χ4n) is 1.84. The highest BCUT2D eigenvalue weighted by Gasteiger charge is 2.20. The molecule has 2 aromatic rings. The predicted molar refractivity (Wildman–Crippen MR) is 75.8 cm³/mol. The van der Waals surface area contributed by atoms with E-state index in [-0.39, 0.29) is 12.1 Å². The van der Waals surface area contributed by atoms with Crippen molar-refractivity contribution in [3.63, 3.8) is 0 Å². The lowest BCUT2D eigenvalue weighted by Gasteiger charge is -2.10. The largest absolute Gasteiger partial charge is 0.387 e. The van der Waals surface area contributed by atoms with Crippen LogP contribution in [-0.2, 0) is 6.42 Å². The van der Waals surface area contributed by atoms with E-state index in [1.165, 1.54) is 17.4 Å². The Bertz CT molecular complexity index is 612. The molecule has 1 aromatic heterocycles. The second-order valence-corrected chi connectivity index (χ2v) is 5.49. The van der Waals surface area contributed by atoms with Crippen LogP contribution in [0.1, 0.15) is 22.1 Å². The van der Waals surface area contributed by atoms with Crippen molar-refractivity contribution in [2.75, 3.05) is 0 Å². The van der Waals surface area contributed by atoms with Gasteiger partial charge in [-0.1, -0.05) is 29.8 Å². The number of nitrogens with zero attached hydrogens (tertiary/aromatic N) is 1. The third-order valence-corrected chi connectivity index (χ3v) is 4.64. The summed E-state index contributed by atoms with van der Waals surface area (Å²) in [5.41, 5.74) is 1.43. The Labute approximate surface area is 119 Å². The molecule has 1 N–H and O–H groups in total. The van der Waals surface area contributed by atoms with Crippen LogP contribution in [0.25, 0.3) is 0 Å². The van der Waals surface area contributed by atoms with Gasteiger partial charge in [-0.05, 0) is 17.9 Å². The maximum Gasteiger partial charge on any atom is 0.272 e. The Balaban J connectivity index is 2.27. The standard InChI is InChI=1S/C13H12ClNO3S/c1-8-7-19-13(12(8)14)11(16)6-9-4-2-3-5-10(9)15(17)18/h2-5,7,11,16H,6H2,1H3. The van der Waals surface area contributed by atoms with Gasteiger partial charge in [0.25, 0.3) is 5.69 Å². The lowest BCUT2D eigenvalue weighted by atomic mass is 10.0. The number of aryl methyl sites for hydroxylation is 1. The van der Waals surface area contributed by atoms with Crippen LogP contribution in [0.4, 0.5) is 5.69 Å². The maximum atomic E-state index is 10.9. The molecule has 0 radical (unpaired) electrons. The molecule has 1 atom stereocenters. The molecule has 0 saturated heterocycles. The number of hydrogen-bond acceptors (Lipinski definition) is 4. The summed E-state index contributed by atoms with van der Waals surface area (Å²) in [5.74, 6) is 0. The first kappa shape index (κ1) is 14.0. The van der Waals surface area contributed by atoms with E-state index in [1.807, 2.05) is 12.3 Å². The van der Waals surface area contributed by atoms with Crippen molar-refractivity contribution in [1.82, 2.24) is 0 Å². The molecule has 1 unspecified atom stereocenters. The highest BCUT2D eigenvalue weighted by Crippen LogP contribution is 2.35. The number of para-hydroxylation sites is 1. The molecule has 1 aromatic carbocycles. The molecular formula is C13H12ClNO3S. The zero-order valence-corrected chi connectivity index (χ0v) is 11.7. The minimum atomic E-state index is -0.827. The average Bonchev–Trinajstić information content (AvgIpc) is 2.70. The molecule has 100 valence electrons. The Hall–Kier alpha value is -1.43. The number of rotatable bonds is 4. The summed E-state index contributed by atoms with van der Waals surface area (Å²) in [6.07, 6.45) is -0.649. The van der Waals surface area contributed by atoms with Crippen molar-refractivity contribution in [3.8, 4) is 0 Å². The Morgan fingerprint density at radius 1 is 1.47 bits per heavy atom. The third kappa shape index (κ3) is 2.94. The molecular weight excluding hydrogens is 286 g/mol. The normalized spacial score (nSPS) is 12.4. The van der Waals surface area contributed by atoms with Gasteiger partial charge in [0, 0.05) is 18.1 Å². The van der Waals surface area contributed by atoms with E-state index in [0.717, 1.165) is 5.56 Å². The molecule has 2 rings (SSSR count). The highest BCUT2D eigenvalue weighted by molar-refractivity contribution is 7.10. The Kier molecular flexibility index (Phi) is 4.19. The summed E-state index contributed by atoms with van der Waals surface area (Å²) in [4.78, 5) is 11.1. The van der Waals surface area contributed by atoms with Gasteiger partial charge < -0.3 is 5.11 Å². The van der Waals surface area contributed by atoms with Crippen LogP contribution < -0.4 is 0 Å². The van der Waals surface area contributed by atoms with Crippen molar-refractivity contribution in [3.05, 3.63) is 60.8 Å². The SMILES string of the molecule is Cc1csc(C(O)Cc2ccccc2[N+](=O)[O-])c1Cl. The van der Waals surface area contributed by atoms with Crippen molar-refractivity contribution < 1.29 is 10.0 Å². The summed E-state index contributed by atoms with van der Waals surface area (Å²) >= 11 is 7.45. The number of nitro benzene ring substituents is 1. The minimum absolute atomic E-state index is 0.0194. The van der Waals surface area contributed by atoms with E-state index < -0.39 is 11.0 Å². The lowest BCUT2D eigenvalue weighted by Crippen LogP contribution is -2.03. The van der Waals surface area contributed by atoms with Crippen LogP contribution in [0.3, 0.4) is 0 Å². The van der Waals surface area contributed by atoms with Crippen molar-refractivity contribution in [2.45, 2.75) is 19.4 Å². The van der Waals surface area contributed by atoms with Crippen LogP contribution in [0, 0.1) is 17.0 Å². The van der Waals surface area contributed by atoms with Crippen LogP contribution in [0.2, 0.25) is 5.02 Å². The van der Waals surface area contributed by atoms with E-state index >= 15 is 0 Å². The Morgan fingerprint density at radius 2 is 2.16 bits per heavy atom. The summed E-state index contributed by atoms with van der Waals surface area (Å²) in [6.45, 7) is 1.86. The minimum Gasteiger partial charge on any atom is -0.387 e. The van der Waals surface area contributed by atoms with Crippen LogP contribution in [-0.4, -0.2) is 10.0 Å². The van der Waals surface area contributed by atoms with Gasteiger partial charge >= 0.3 is 0 Å². The zero-order chi connectivity index (χ0) is 14.0. The molecule has 0 bridgehead atoms. The van der Waals surface area contributed by atoms with E-state index in [9.17, 15) is 15.2 Å². The number of nitro groups is 1. The molecule has 6 heteroatoms. The number of halogens is 1. The van der Waals surface area contributed by atoms with E-state index in [4.69, 9.17) is 11.6 Å². The number of aliphatic hydroxyl groups is 1. The zero-order valence-electron chi connectivity index (χ0n) is 10.2. The van der Waals surface area contributed by atoms with Crippen LogP contribution in [0.15, 0.2) is 29.6 Å². The smallest absolute Gasteiger partial charge is 0.272 e. The molecule has 0 saturated carbocycles. The molecule has 0 aliphatic rings. The quantitative estimate of drug-likeness (QED) is 0.688. The molecule has 0 aliphatic heterocycles. The van der Waals surface area contributed by atoms with Gasteiger partial charge in [-0.15, -0.1) is 11.3 Å². The summed E-state index contributed by atoms with van der Waals surface area (Å²) in [7, 11) is 0. The van der Waals surface area contributed by atoms with E-state index in [2.05, 4.69) is 0 Å². The molecule has 1 heterocycles. The fourth-order valence-corrected chi connectivity index (χ4v) is 3.14. The monoisotopic (exact) mass is 297 g/mol. The average molecular weight is 298 g/mol. The first-order valence-corrected chi connectivity index (χ1v) is 6.90. The van der Waals surface area contributed by atoms with Gasteiger partial charge in [0.1, 0.15) is 0 Å². The second kappa shape index (κ2) is 5.69. The first-order chi connectivity index (χ1) is 9.00. The number of thiophene rings is 1.